The van der Waals surface area contributed by atoms with Crippen molar-refractivity contribution in [1.82, 2.24) is 16.0 Å². The van der Waals surface area contributed by atoms with Crippen molar-refractivity contribution in [2.75, 3.05) is 18.6 Å². The van der Waals surface area contributed by atoms with Crippen LogP contribution >= 0.6 is 11.8 Å². The molecule has 0 spiro atoms. The van der Waals surface area contributed by atoms with E-state index in [-0.39, 0.29) is 25.2 Å². The Morgan fingerprint density at radius 2 is 1.47 bits per heavy atom. The third-order valence-corrected chi connectivity index (χ3v) is 4.64. The number of amides is 3. The van der Waals surface area contributed by atoms with Crippen LogP contribution < -0.4 is 21.7 Å². The fourth-order valence-corrected chi connectivity index (χ4v) is 2.96. The highest BCUT2D eigenvalue weighted by Gasteiger charge is 2.28. The zero-order valence-corrected chi connectivity index (χ0v) is 18.3. The maximum atomic E-state index is 12.7. The zero-order valence-electron chi connectivity index (χ0n) is 17.5. The molecule has 7 N–H and O–H groups in total. The standard InChI is InChI=1S/C18H32N4O7S/c1-10(2)8-11(19)16(27)21-12(4-5-14(23)24)18(29)22-13(6-7-30-3)17(28)20-9-15(25)26/h10-13H,4-9,19H2,1-3H3,(H,20,28)(H,21,27)(H,22,29)(H,23,24)(H,25,26). The number of rotatable bonds is 15. The van der Waals surface area contributed by atoms with Crippen molar-refractivity contribution >= 4 is 41.4 Å². The topological polar surface area (TPSA) is 188 Å². The van der Waals surface area contributed by atoms with E-state index in [1.165, 1.54) is 11.8 Å². The second kappa shape index (κ2) is 14.6. The molecule has 30 heavy (non-hydrogen) atoms. The molecule has 0 aliphatic carbocycles. The molecular formula is C18H32N4O7S. The predicted octanol–water partition coefficient (Wildman–Crippen LogP) is -0.852. The molecule has 12 heteroatoms. The lowest BCUT2D eigenvalue weighted by atomic mass is 10.0. The first-order valence-corrected chi connectivity index (χ1v) is 10.9. The number of carbonyl (C=O) groups excluding carboxylic acids is 3. The van der Waals surface area contributed by atoms with Crippen LogP contribution in [0.1, 0.15) is 39.5 Å². The molecule has 0 aliphatic heterocycles. The van der Waals surface area contributed by atoms with Crippen molar-refractivity contribution in [3.05, 3.63) is 0 Å². The van der Waals surface area contributed by atoms with Crippen LogP contribution in [-0.2, 0) is 24.0 Å². The normalized spacial score (nSPS) is 13.8. The summed E-state index contributed by atoms with van der Waals surface area (Å²) in [5.41, 5.74) is 5.82. The van der Waals surface area contributed by atoms with Crippen LogP contribution in [0.5, 0.6) is 0 Å². The Morgan fingerprint density at radius 3 is 1.97 bits per heavy atom. The molecule has 0 radical (unpaired) electrons. The quantitative estimate of drug-likeness (QED) is 0.185. The van der Waals surface area contributed by atoms with Crippen LogP contribution in [-0.4, -0.2) is 76.6 Å². The van der Waals surface area contributed by atoms with E-state index in [0.717, 1.165) is 0 Å². The summed E-state index contributed by atoms with van der Waals surface area (Å²) >= 11 is 1.43. The Labute approximate surface area is 179 Å². The van der Waals surface area contributed by atoms with Crippen LogP contribution in [0.4, 0.5) is 0 Å². The molecule has 0 bridgehead atoms. The molecule has 0 rings (SSSR count). The summed E-state index contributed by atoms with van der Waals surface area (Å²) in [6, 6.07) is -3.09. The van der Waals surface area contributed by atoms with E-state index in [0.29, 0.717) is 12.2 Å². The molecule has 11 nitrogen and oxygen atoms in total. The summed E-state index contributed by atoms with van der Waals surface area (Å²) in [4.78, 5) is 58.8. The maximum Gasteiger partial charge on any atom is 0.322 e. The van der Waals surface area contributed by atoms with E-state index in [4.69, 9.17) is 15.9 Å². The number of hydrogen-bond acceptors (Lipinski definition) is 7. The van der Waals surface area contributed by atoms with E-state index < -0.39 is 54.3 Å². The van der Waals surface area contributed by atoms with Gasteiger partial charge >= 0.3 is 11.9 Å². The molecule has 3 unspecified atom stereocenters. The number of carboxylic acid groups (broad SMARTS) is 2. The van der Waals surface area contributed by atoms with Gasteiger partial charge in [0.05, 0.1) is 6.04 Å². The van der Waals surface area contributed by atoms with Gasteiger partial charge in [-0.25, -0.2) is 0 Å². The Bertz CT molecular complexity index is 615. The first kappa shape index (κ1) is 27.7. The molecule has 0 aromatic carbocycles. The maximum absolute atomic E-state index is 12.7. The van der Waals surface area contributed by atoms with Gasteiger partial charge in [-0.05, 0) is 37.2 Å². The monoisotopic (exact) mass is 448 g/mol. The first-order valence-electron chi connectivity index (χ1n) is 9.54. The highest BCUT2D eigenvalue weighted by atomic mass is 32.2. The minimum Gasteiger partial charge on any atom is -0.481 e. The van der Waals surface area contributed by atoms with Crippen molar-refractivity contribution in [2.24, 2.45) is 11.7 Å². The number of thioether (sulfide) groups is 1. The van der Waals surface area contributed by atoms with Gasteiger partial charge < -0.3 is 31.9 Å². The Hall–Kier alpha value is -2.34. The molecular weight excluding hydrogens is 416 g/mol. The Balaban J connectivity index is 5.25. The van der Waals surface area contributed by atoms with Gasteiger partial charge in [-0.15, -0.1) is 0 Å². The molecule has 0 aliphatic rings. The number of aliphatic carboxylic acids is 2. The second-order valence-corrected chi connectivity index (χ2v) is 8.17. The van der Waals surface area contributed by atoms with Gasteiger partial charge in [0.2, 0.25) is 17.7 Å². The largest absolute Gasteiger partial charge is 0.481 e. The molecule has 0 aromatic rings. The number of hydrogen-bond donors (Lipinski definition) is 6. The average Bonchev–Trinajstić information content (AvgIpc) is 2.65. The third-order valence-electron chi connectivity index (χ3n) is 4.00. The molecule has 3 amide bonds. The third kappa shape index (κ3) is 12.3. The van der Waals surface area contributed by atoms with Gasteiger partial charge in [0.15, 0.2) is 0 Å². The lowest BCUT2D eigenvalue weighted by molar-refractivity contribution is -0.138. The van der Waals surface area contributed by atoms with Crippen LogP contribution in [0.15, 0.2) is 0 Å². The SMILES string of the molecule is CSCCC(NC(=O)C(CCC(=O)O)NC(=O)C(N)CC(C)C)C(=O)NCC(=O)O. The highest BCUT2D eigenvalue weighted by Crippen LogP contribution is 2.06. The minimum absolute atomic E-state index is 0.144. The van der Waals surface area contributed by atoms with E-state index in [1.54, 1.807) is 6.26 Å². The molecule has 172 valence electrons. The number of carboxylic acids is 2. The highest BCUT2D eigenvalue weighted by molar-refractivity contribution is 7.98. The summed E-state index contributed by atoms with van der Waals surface area (Å²) in [6.45, 7) is 3.16. The molecule has 0 fully saturated rings. The van der Waals surface area contributed by atoms with Crippen LogP contribution in [0.2, 0.25) is 0 Å². The molecule has 0 aromatic heterocycles. The van der Waals surface area contributed by atoms with Crippen molar-refractivity contribution in [3.63, 3.8) is 0 Å². The van der Waals surface area contributed by atoms with Gasteiger partial charge in [0.1, 0.15) is 18.6 Å². The lowest BCUT2D eigenvalue weighted by Crippen LogP contribution is -2.56. The summed E-state index contributed by atoms with van der Waals surface area (Å²) in [7, 11) is 0. The van der Waals surface area contributed by atoms with Crippen LogP contribution in [0, 0.1) is 5.92 Å². The summed E-state index contributed by atoms with van der Waals surface area (Å²) < 4.78 is 0. The van der Waals surface area contributed by atoms with Crippen molar-refractivity contribution < 1.29 is 34.2 Å². The summed E-state index contributed by atoms with van der Waals surface area (Å²) in [6.07, 6.45) is 1.85. The number of carbonyl (C=O) groups is 5. The number of nitrogens with two attached hydrogens (primary N) is 1. The smallest absolute Gasteiger partial charge is 0.322 e. The van der Waals surface area contributed by atoms with Gasteiger partial charge in [0.25, 0.3) is 0 Å². The Kier molecular flexibility index (Phi) is 13.5. The molecule has 0 saturated heterocycles. The van der Waals surface area contributed by atoms with E-state index >= 15 is 0 Å². The van der Waals surface area contributed by atoms with Gasteiger partial charge in [-0.3, -0.25) is 24.0 Å². The predicted molar refractivity (Wildman–Crippen MR) is 112 cm³/mol. The Morgan fingerprint density at radius 1 is 0.900 bits per heavy atom. The fraction of sp³-hybridized carbons (Fsp3) is 0.722. The van der Waals surface area contributed by atoms with E-state index in [1.807, 2.05) is 13.8 Å². The second-order valence-electron chi connectivity index (χ2n) is 7.18. The van der Waals surface area contributed by atoms with Gasteiger partial charge in [0, 0.05) is 6.42 Å². The fourth-order valence-electron chi connectivity index (χ4n) is 2.49. The van der Waals surface area contributed by atoms with Gasteiger partial charge in [-0.1, -0.05) is 13.8 Å². The van der Waals surface area contributed by atoms with E-state index in [9.17, 15) is 24.0 Å². The van der Waals surface area contributed by atoms with Crippen LogP contribution in [0.3, 0.4) is 0 Å². The zero-order chi connectivity index (χ0) is 23.3. The molecule has 0 heterocycles. The minimum atomic E-state index is -1.23. The van der Waals surface area contributed by atoms with Crippen LogP contribution in [0.25, 0.3) is 0 Å². The number of nitrogens with one attached hydrogen (secondary N) is 3. The average molecular weight is 449 g/mol. The van der Waals surface area contributed by atoms with Crippen molar-refractivity contribution in [1.29, 1.82) is 0 Å². The van der Waals surface area contributed by atoms with Gasteiger partial charge in [-0.2, -0.15) is 11.8 Å². The van der Waals surface area contributed by atoms with Crippen molar-refractivity contribution in [3.8, 4) is 0 Å². The lowest BCUT2D eigenvalue weighted by Gasteiger charge is -2.24. The van der Waals surface area contributed by atoms with E-state index in [2.05, 4.69) is 16.0 Å². The molecule has 3 atom stereocenters. The first-order chi connectivity index (χ1) is 14.0. The van der Waals surface area contributed by atoms with Crippen molar-refractivity contribution in [2.45, 2.75) is 57.7 Å². The summed E-state index contributed by atoms with van der Waals surface area (Å²) in [5, 5.41) is 24.8. The molecule has 0 saturated carbocycles. The summed E-state index contributed by atoms with van der Waals surface area (Å²) in [5.74, 6) is -3.74.